The minimum Gasteiger partial charge on any atom is -0.0623 e. The lowest BCUT2D eigenvalue weighted by molar-refractivity contribution is 1.54. The van der Waals surface area contributed by atoms with Gasteiger partial charge in [-0.1, -0.05) is 115 Å². The molecule has 1 aliphatic heterocycles. The van der Waals surface area contributed by atoms with Crippen molar-refractivity contribution in [1.29, 1.82) is 0 Å². The molecule has 1 heteroatoms. The van der Waals surface area contributed by atoms with Gasteiger partial charge in [0.1, 0.15) is 0 Å². The van der Waals surface area contributed by atoms with Crippen LogP contribution >= 0.6 is 0 Å². The molecule has 160 valence electrons. The van der Waals surface area contributed by atoms with E-state index in [2.05, 4.69) is 134 Å². The zero-order valence-corrected chi connectivity index (χ0v) is 20.1. The molecule has 0 aromatic heterocycles. The van der Waals surface area contributed by atoms with Crippen LogP contribution in [0.4, 0.5) is 0 Å². The summed E-state index contributed by atoms with van der Waals surface area (Å²) in [4.78, 5) is 0. The van der Waals surface area contributed by atoms with Crippen molar-refractivity contribution in [2.45, 2.75) is 6.92 Å². The fraction of sp³-hybridized carbons (Fsp3) is 0.0303. The summed E-state index contributed by atoms with van der Waals surface area (Å²) in [6, 6.07) is 47.8. The van der Waals surface area contributed by atoms with Gasteiger partial charge >= 0.3 is 0 Å². The zero-order valence-electron chi connectivity index (χ0n) is 19.1. The molecule has 1 aliphatic rings. The lowest BCUT2D eigenvalue weighted by atomic mass is 9.94. The SMILES string of the molecule is Cc1cccc2cc3c4c(ccc3cc12)[Si](c1ccccc1)(c1ccccc1)c1ccccc1-4. The number of rotatable bonds is 2. The number of hydrogen-bond acceptors (Lipinski definition) is 0. The smallest absolute Gasteiger partial charge is 0.0623 e. The van der Waals surface area contributed by atoms with E-state index in [9.17, 15) is 0 Å². The molecule has 0 N–H and O–H groups in total. The van der Waals surface area contributed by atoms with Crippen molar-refractivity contribution < 1.29 is 0 Å². The number of hydrogen-bond donors (Lipinski definition) is 0. The first-order valence-corrected chi connectivity index (χ1v) is 14.0. The molecule has 7 rings (SSSR count). The highest BCUT2D eigenvalue weighted by Crippen LogP contribution is 2.36. The Hall–Kier alpha value is -3.94. The summed E-state index contributed by atoms with van der Waals surface area (Å²) in [5.41, 5.74) is 4.16. The molecule has 0 nitrogen and oxygen atoms in total. The number of aryl methyl sites for hydroxylation is 1. The molecule has 0 unspecified atom stereocenters. The molecule has 0 spiro atoms. The second kappa shape index (κ2) is 7.28. The van der Waals surface area contributed by atoms with Crippen LogP contribution in [0.1, 0.15) is 5.56 Å². The summed E-state index contributed by atoms with van der Waals surface area (Å²) in [7, 11) is -2.42. The van der Waals surface area contributed by atoms with Crippen molar-refractivity contribution in [2.75, 3.05) is 0 Å². The summed E-state index contributed by atoms with van der Waals surface area (Å²) in [6.45, 7) is 2.21. The lowest BCUT2D eigenvalue weighted by Crippen LogP contribution is -2.72. The Morgan fingerprint density at radius 1 is 0.471 bits per heavy atom. The number of benzene rings is 6. The first-order valence-electron chi connectivity index (χ1n) is 12.0. The summed E-state index contributed by atoms with van der Waals surface area (Å²) in [5, 5.41) is 11.2. The van der Waals surface area contributed by atoms with Crippen molar-refractivity contribution in [3.63, 3.8) is 0 Å². The average Bonchev–Trinajstić information content (AvgIpc) is 3.21. The molecular weight excluding hydrogens is 424 g/mol. The van der Waals surface area contributed by atoms with E-state index in [0.29, 0.717) is 0 Å². The fourth-order valence-corrected chi connectivity index (χ4v) is 11.4. The van der Waals surface area contributed by atoms with Gasteiger partial charge in [-0.25, -0.2) is 0 Å². The molecule has 0 atom stereocenters. The maximum Gasteiger partial charge on any atom is 0.180 e. The van der Waals surface area contributed by atoms with E-state index >= 15 is 0 Å². The summed E-state index contributed by atoms with van der Waals surface area (Å²) in [6.07, 6.45) is 0. The van der Waals surface area contributed by atoms with Gasteiger partial charge in [0.25, 0.3) is 0 Å². The van der Waals surface area contributed by atoms with E-state index in [1.54, 1.807) is 0 Å². The van der Waals surface area contributed by atoms with Crippen molar-refractivity contribution >= 4 is 50.4 Å². The minimum absolute atomic E-state index is 1.32. The predicted molar refractivity (Wildman–Crippen MR) is 149 cm³/mol. The van der Waals surface area contributed by atoms with E-state index in [0.717, 1.165) is 0 Å². The maximum atomic E-state index is 2.44. The highest BCUT2D eigenvalue weighted by atomic mass is 28.3. The standard InChI is InChI=1S/C33H24Si/c1-23-11-10-12-24-22-30-25(21-29(23)24)19-20-32-33(30)28-17-8-9-18-31(28)34(32,26-13-4-2-5-14-26)27-15-6-3-7-16-27/h2-22H,1H3. The normalized spacial score (nSPS) is 13.7. The maximum absolute atomic E-state index is 2.44. The first-order chi connectivity index (χ1) is 16.8. The molecular formula is C33H24Si. The number of fused-ring (bicyclic) bond motifs is 6. The van der Waals surface area contributed by atoms with Crippen LogP contribution in [0.15, 0.2) is 127 Å². The van der Waals surface area contributed by atoms with Gasteiger partial charge in [0.2, 0.25) is 0 Å². The van der Waals surface area contributed by atoms with Crippen LogP contribution in [-0.4, -0.2) is 8.07 Å². The van der Waals surface area contributed by atoms with Crippen LogP contribution < -0.4 is 20.7 Å². The van der Waals surface area contributed by atoms with Gasteiger partial charge in [0, 0.05) is 0 Å². The molecule has 0 bridgehead atoms. The predicted octanol–water partition coefficient (Wildman–Crippen LogP) is 5.66. The van der Waals surface area contributed by atoms with Gasteiger partial charge in [-0.3, -0.25) is 0 Å². The van der Waals surface area contributed by atoms with E-state index < -0.39 is 8.07 Å². The third-order valence-electron chi connectivity index (χ3n) is 7.65. The van der Waals surface area contributed by atoms with E-state index in [1.807, 2.05) is 0 Å². The van der Waals surface area contributed by atoms with Crippen LogP contribution in [0.2, 0.25) is 0 Å². The van der Waals surface area contributed by atoms with Crippen molar-refractivity contribution in [3.05, 3.63) is 133 Å². The molecule has 6 aromatic rings. The Labute approximate surface area is 201 Å². The Balaban J connectivity index is 1.69. The quantitative estimate of drug-likeness (QED) is 0.236. The van der Waals surface area contributed by atoms with E-state index in [1.165, 1.54) is 59.0 Å². The van der Waals surface area contributed by atoms with Crippen molar-refractivity contribution in [1.82, 2.24) is 0 Å². The molecule has 0 radical (unpaired) electrons. The second-order valence-corrected chi connectivity index (χ2v) is 13.1. The molecule has 6 aromatic carbocycles. The summed E-state index contributed by atoms with van der Waals surface area (Å²) < 4.78 is 0. The summed E-state index contributed by atoms with van der Waals surface area (Å²) in [5.74, 6) is 0. The lowest BCUT2D eigenvalue weighted by Gasteiger charge is -2.31. The van der Waals surface area contributed by atoms with Crippen LogP contribution in [0.25, 0.3) is 32.7 Å². The highest BCUT2D eigenvalue weighted by molar-refractivity contribution is 7.22. The van der Waals surface area contributed by atoms with Gasteiger partial charge in [0.05, 0.1) is 0 Å². The third-order valence-corrected chi connectivity index (χ3v) is 12.5. The van der Waals surface area contributed by atoms with Crippen LogP contribution in [-0.2, 0) is 0 Å². The minimum atomic E-state index is -2.42. The third kappa shape index (κ3) is 2.53. The van der Waals surface area contributed by atoms with Gasteiger partial charge in [-0.15, -0.1) is 0 Å². The van der Waals surface area contributed by atoms with E-state index in [-0.39, 0.29) is 0 Å². The highest BCUT2D eigenvalue weighted by Gasteiger charge is 2.48. The van der Waals surface area contributed by atoms with Gasteiger partial charge in [0.15, 0.2) is 8.07 Å². The summed E-state index contributed by atoms with van der Waals surface area (Å²) >= 11 is 0. The van der Waals surface area contributed by atoms with E-state index in [4.69, 9.17) is 0 Å². The Morgan fingerprint density at radius 2 is 1.09 bits per heavy atom. The zero-order chi connectivity index (χ0) is 22.7. The first kappa shape index (κ1) is 19.5. The molecule has 0 amide bonds. The van der Waals surface area contributed by atoms with Crippen LogP contribution in [0.5, 0.6) is 0 Å². The monoisotopic (exact) mass is 448 g/mol. The molecule has 1 heterocycles. The second-order valence-electron chi connectivity index (χ2n) is 9.39. The molecule has 0 aliphatic carbocycles. The van der Waals surface area contributed by atoms with Gasteiger partial charge < -0.3 is 0 Å². The topological polar surface area (TPSA) is 0 Å². The molecule has 0 saturated carbocycles. The van der Waals surface area contributed by atoms with Gasteiger partial charge in [-0.2, -0.15) is 0 Å². The van der Waals surface area contributed by atoms with Crippen molar-refractivity contribution in [2.24, 2.45) is 0 Å². The van der Waals surface area contributed by atoms with Crippen molar-refractivity contribution in [3.8, 4) is 11.1 Å². The largest absolute Gasteiger partial charge is 0.180 e. The fourth-order valence-electron chi connectivity index (χ4n) is 6.20. The molecule has 0 saturated heterocycles. The molecule has 0 fully saturated rings. The van der Waals surface area contributed by atoms with Crippen LogP contribution in [0, 0.1) is 6.92 Å². The van der Waals surface area contributed by atoms with Gasteiger partial charge in [-0.05, 0) is 78.0 Å². The Morgan fingerprint density at radius 3 is 1.82 bits per heavy atom. The Kier molecular flexibility index (Phi) is 4.18. The molecule has 34 heavy (non-hydrogen) atoms. The Bertz CT molecular complexity index is 1660. The average molecular weight is 449 g/mol. The van der Waals surface area contributed by atoms with Crippen LogP contribution in [0.3, 0.4) is 0 Å².